The first-order valence-corrected chi connectivity index (χ1v) is 7.43. The summed E-state index contributed by atoms with van der Waals surface area (Å²) >= 11 is 0. The molecule has 122 valence electrons. The molecule has 2 aromatic rings. The Labute approximate surface area is 140 Å². The number of hydrogen-bond acceptors (Lipinski definition) is 4. The van der Waals surface area contributed by atoms with Crippen molar-refractivity contribution in [2.24, 2.45) is 5.73 Å². The fraction of sp³-hybridized carbons (Fsp3) is 0.158. The Kier molecular flexibility index (Phi) is 5.98. The lowest BCUT2D eigenvalue weighted by Crippen LogP contribution is -2.13. The molecule has 0 saturated carbocycles. The number of carbonyl (C=O) groups is 1. The number of rotatable bonds is 7. The number of ether oxygens (including phenoxy) is 2. The first-order chi connectivity index (χ1) is 11.6. The van der Waals surface area contributed by atoms with Gasteiger partial charge in [0.2, 0.25) is 0 Å². The molecule has 0 fully saturated rings. The molecule has 0 aliphatic rings. The van der Waals surface area contributed by atoms with Crippen molar-refractivity contribution in [3.63, 3.8) is 0 Å². The molecule has 24 heavy (non-hydrogen) atoms. The van der Waals surface area contributed by atoms with Crippen molar-refractivity contribution in [2.45, 2.75) is 6.92 Å². The SMILES string of the molecule is Cc1ccc(OCCOc2ccccc2C=C(C#N)C(N)=O)cc1. The van der Waals surface area contributed by atoms with Crippen LogP contribution in [0.3, 0.4) is 0 Å². The zero-order valence-electron chi connectivity index (χ0n) is 13.4. The molecular formula is C19H18N2O3. The molecule has 5 nitrogen and oxygen atoms in total. The van der Waals surface area contributed by atoms with Gasteiger partial charge in [0, 0.05) is 5.56 Å². The Balaban J connectivity index is 1.97. The first-order valence-electron chi connectivity index (χ1n) is 7.43. The quantitative estimate of drug-likeness (QED) is 0.482. The highest BCUT2D eigenvalue weighted by atomic mass is 16.5. The normalized spacial score (nSPS) is 10.8. The molecule has 0 atom stereocenters. The number of primary amides is 1. The Hall–Kier alpha value is -3.26. The average Bonchev–Trinajstić information content (AvgIpc) is 2.59. The maximum Gasteiger partial charge on any atom is 0.259 e. The van der Waals surface area contributed by atoms with Crippen molar-refractivity contribution in [1.82, 2.24) is 0 Å². The number of nitriles is 1. The van der Waals surface area contributed by atoms with E-state index in [1.54, 1.807) is 24.3 Å². The molecule has 2 N–H and O–H groups in total. The number of hydrogen-bond donors (Lipinski definition) is 1. The van der Waals surface area contributed by atoms with Gasteiger partial charge in [0.15, 0.2) is 0 Å². The third-order valence-corrected chi connectivity index (χ3v) is 3.24. The third kappa shape index (κ3) is 4.89. The maximum absolute atomic E-state index is 11.2. The van der Waals surface area contributed by atoms with Gasteiger partial charge in [0.25, 0.3) is 5.91 Å². The molecule has 2 rings (SSSR count). The van der Waals surface area contributed by atoms with E-state index in [0.717, 1.165) is 5.75 Å². The summed E-state index contributed by atoms with van der Waals surface area (Å²) in [5, 5.41) is 8.93. The second-order valence-corrected chi connectivity index (χ2v) is 5.08. The van der Waals surface area contributed by atoms with Crippen molar-refractivity contribution < 1.29 is 14.3 Å². The van der Waals surface area contributed by atoms with Crippen LogP contribution in [0.2, 0.25) is 0 Å². The molecule has 0 aromatic heterocycles. The number of aryl methyl sites for hydroxylation is 1. The molecule has 0 unspecified atom stereocenters. The van der Waals surface area contributed by atoms with Gasteiger partial charge in [-0.15, -0.1) is 0 Å². The number of para-hydroxylation sites is 1. The van der Waals surface area contributed by atoms with Crippen molar-refractivity contribution in [1.29, 1.82) is 5.26 Å². The molecule has 1 amide bonds. The number of carbonyl (C=O) groups excluding carboxylic acids is 1. The fourth-order valence-corrected chi connectivity index (χ4v) is 1.99. The highest BCUT2D eigenvalue weighted by Gasteiger charge is 2.07. The standard InChI is InChI=1S/C19H18N2O3/c1-14-6-8-17(9-7-14)23-10-11-24-18-5-3-2-4-15(18)12-16(13-20)19(21)22/h2-9,12H,10-11H2,1H3,(H2,21,22). The fourth-order valence-electron chi connectivity index (χ4n) is 1.99. The topological polar surface area (TPSA) is 85.3 Å². The van der Waals surface area contributed by atoms with Crippen LogP contribution in [0.4, 0.5) is 0 Å². The van der Waals surface area contributed by atoms with Crippen molar-refractivity contribution in [3.8, 4) is 17.6 Å². The molecule has 0 bridgehead atoms. The molecule has 0 aliphatic heterocycles. The molecule has 0 radical (unpaired) electrons. The van der Waals surface area contributed by atoms with Crippen LogP contribution in [0.1, 0.15) is 11.1 Å². The largest absolute Gasteiger partial charge is 0.490 e. The van der Waals surface area contributed by atoms with E-state index in [-0.39, 0.29) is 5.57 Å². The summed E-state index contributed by atoms with van der Waals surface area (Å²) in [5.41, 5.74) is 6.81. The molecule has 2 aromatic carbocycles. The van der Waals surface area contributed by atoms with Crippen LogP contribution < -0.4 is 15.2 Å². The summed E-state index contributed by atoms with van der Waals surface area (Å²) < 4.78 is 11.3. The van der Waals surface area contributed by atoms with Crippen LogP contribution in [-0.4, -0.2) is 19.1 Å². The van der Waals surface area contributed by atoms with Crippen molar-refractivity contribution >= 4 is 12.0 Å². The lowest BCUT2D eigenvalue weighted by Gasteiger charge is -2.10. The smallest absolute Gasteiger partial charge is 0.259 e. The van der Waals surface area contributed by atoms with E-state index in [9.17, 15) is 4.79 Å². The van der Waals surface area contributed by atoms with Crippen LogP contribution in [0, 0.1) is 18.3 Å². The zero-order valence-corrected chi connectivity index (χ0v) is 13.4. The lowest BCUT2D eigenvalue weighted by molar-refractivity contribution is -0.114. The van der Waals surface area contributed by atoms with E-state index in [1.807, 2.05) is 37.3 Å². The van der Waals surface area contributed by atoms with Gasteiger partial charge < -0.3 is 15.2 Å². The van der Waals surface area contributed by atoms with Crippen molar-refractivity contribution in [2.75, 3.05) is 13.2 Å². The van der Waals surface area contributed by atoms with Crippen LogP contribution in [0.15, 0.2) is 54.1 Å². The second-order valence-electron chi connectivity index (χ2n) is 5.08. The Morgan fingerprint density at radius 2 is 1.79 bits per heavy atom. The van der Waals surface area contributed by atoms with Gasteiger partial charge in [-0.1, -0.05) is 35.9 Å². The summed E-state index contributed by atoms with van der Waals surface area (Å²) in [6.45, 7) is 2.72. The van der Waals surface area contributed by atoms with Crippen molar-refractivity contribution in [3.05, 3.63) is 65.2 Å². The molecule has 0 spiro atoms. The minimum Gasteiger partial charge on any atom is -0.490 e. The summed E-state index contributed by atoms with van der Waals surface area (Å²) in [7, 11) is 0. The van der Waals surface area contributed by atoms with E-state index in [1.165, 1.54) is 11.6 Å². The number of nitrogens with two attached hydrogens (primary N) is 1. The van der Waals surface area contributed by atoms with E-state index in [2.05, 4.69) is 0 Å². The lowest BCUT2D eigenvalue weighted by atomic mass is 10.1. The summed E-state index contributed by atoms with van der Waals surface area (Å²) in [4.78, 5) is 11.2. The summed E-state index contributed by atoms with van der Waals surface area (Å²) in [5.74, 6) is 0.562. The minimum absolute atomic E-state index is 0.123. The highest BCUT2D eigenvalue weighted by Crippen LogP contribution is 2.21. The second kappa shape index (κ2) is 8.39. The molecule has 5 heteroatoms. The Morgan fingerprint density at radius 3 is 2.46 bits per heavy atom. The molecular weight excluding hydrogens is 304 g/mol. The highest BCUT2D eigenvalue weighted by molar-refractivity contribution is 6.00. The monoisotopic (exact) mass is 322 g/mol. The predicted molar refractivity (Wildman–Crippen MR) is 91.4 cm³/mol. The van der Waals surface area contributed by atoms with Crippen LogP contribution >= 0.6 is 0 Å². The maximum atomic E-state index is 11.2. The van der Waals surface area contributed by atoms with E-state index >= 15 is 0 Å². The zero-order chi connectivity index (χ0) is 17.4. The Morgan fingerprint density at radius 1 is 1.12 bits per heavy atom. The van der Waals surface area contributed by atoms with Gasteiger partial charge in [-0.3, -0.25) is 4.79 Å². The van der Waals surface area contributed by atoms with Crippen LogP contribution in [-0.2, 0) is 4.79 Å². The average molecular weight is 322 g/mol. The van der Waals surface area contributed by atoms with Gasteiger partial charge in [-0.05, 0) is 31.2 Å². The number of benzene rings is 2. The first kappa shape index (κ1) is 17.1. The molecule has 0 heterocycles. The summed E-state index contributed by atoms with van der Waals surface area (Å²) in [6.07, 6.45) is 1.42. The van der Waals surface area contributed by atoms with Crippen LogP contribution in [0.25, 0.3) is 6.08 Å². The van der Waals surface area contributed by atoms with Crippen LogP contribution in [0.5, 0.6) is 11.5 Å². The van der Waals surface area contributed by atoms with Gasteiger partial charge >= 0.3 is 0 Å². The minimum atomic E-state index is -0.769. The molecule has 0 aliphatic carbocycles. The third-order valence-electron chi connectivity index (χ3n) is 3.24. The van der Waals surface area contributed by atoms with Gasteiger partial charge in [0.1, 0.15) is 36.4 Å². The number of nitrogens with zero attached hydrogens (tertiary/aromatic N) is 1. The van der Waals surface area contributed by atoms with Gasteiger partial charge in [-0.25, -0.2) is 0 Å². The Bertz CT molecular complexity index is 774. The van der Waals surface area contributed by atoms with E-state index < -0.39 is 5.91 Å². The van der Waals surface area contributed by atoms with E-state index in [4.69, 9.17) is 20.5 Å². The van der Waals surface area contributed by atoms with E-state index in [0.29, 0.717) is 24.5 Å². The number of amides is 1. The van der Waals surface area contributed by atoms with Gasteiger partial charge in [-0.2, -0.15) is 5.26 Å². The summed E-state index contributed by atoms with van der Waals surface area (Å²) in [6, 6.07) is 16.6. The van der Waals surface area contributed by atoms with Gasteiger partial charge in [0.05, 0.1) is 0 Å². The molecule has 0 saturated heterocycles. The predicted octanol–water partition coefficient (Wildman–Crippen LogP) is 2.85.